The Morgan fingerprint density at radius 3 is 2.57 bits per heavy atom. The molecular weight excluding hydrogens is 323 g/mol. The van der Waals surface area contributed by atoms with Gasteiger partial charge < -0.3 is 10.2 Å². The number of benzene rings is 1. The monoisotopic (exact) mass is 340 g/mol. The molecule has 0 radical (unpaired) electrons. The molecule has 2 fully saturated rings. The zero-order valence-corrected chi connectivity index (χ0v) is 13.2. The zero-order valence-electron chi connectivity index (χ0n) is 12.4. The van der Waals surface area contributed by atoms with Crippen molar-refractivity contribution in [2.24, 2.45) is 5.92 Å². The molecule has 0 aliphatic carbocycles. The first kappa shape index (κ1) is 15.9. The van der Waals surface area contributed by atoms with Gasteiger partial charge in [0.25, 0.3) is 0 Å². The zero-order chi connectivity index (χ0) is 16.6. The van der Waals surface area contributed by atoms with Gasteiger partial charge in [0.2, 0.25) is 11.8 Å². The SMILES string of the molecule is O=C(NC1CCS(=O)(=O)C1)C1CC(=O)N(c2ccc(F)cc2)C1. The minimum Gasteiger partial charge on any atom is -0.352 e. The summed E-state index contributed by atoms with van der Waals surface area (Å²) >= 11 is 0. The Labute approximate surface area is 133 Å². The molecular formula is C15H17FN2O4S. The van der Waals surface area contributed by atoms with Gasteiger partial charge in [-0.15, -0.1) is 0 Å². The molecule has 2 amide bonds. The second-order valence-electron chi connectivity index (χ2n) is 5.99. The lowest BCUT2D eigenvalue weighted by atomic mass is 10.1. The van der Waals surface area contributed by atoms with Gasteiger partial charge in [0, 0.05) is 24.7 Å². The number of nitrogens with zero attached hydrogens (tertiary/aromatic N) is 1. The van der Waals surface area contributed by atoms with Gasteiger partial charge in [-0.25, -0.2) is 12.8 Å². The van der Waals surface area contributed by atoms with E-state index in [0.29, 0.717) is 12.1 Å². The summed E-state index contributed by atoms with van der Waals surface area (Å²) in [6, 6.07) is 5.15. The maximum absolute atomic E-state index is 12.9. The van der Waals surface area contributed by atoms with E-state index < -0.39 is 21.6 Å². The summed E-state index contributed by atoms with van der Waals surface area (Å²) in [7, 11) is -3.06. The number of nitrogens with one attached hydrogen (secondary N) is 1. The number of carbonyl (C=O) groups is 2. The van der Waals surface area contributed by atoms with Crippen molar-refractivity contribution in [2.75, 3.05) is 23.0 Å². The summed E-state index contributed by atoms with van der Waals surface area (Å²) in [5.74, 6) is -1.36. The molecule has 2 saturated heterocycles. The Balaban J connectivity index is 1.63. The van der Waals surface area contributed by atoms with E-state index in [2.05, 4.69) is 5.32 Å². The predicted octanol–water partition coefficient (Wildman–Crippen LogP) is 0.482. The van der Waals surface area contributed by atoms with Gasteiger partial charge in [0.1, 0.15) is 5.82 Å². The van der Waals surface area contributed by atoms with Crippen molar-refractivity contribution in [1.82, 2.24) is 5.32 Å². The van der Waals surface area contributed by atoms with Crippen molar-refractivity contribution in [3.63, 3.8) is 0 Å². The van der Waals surface area contributed by atoms with Crippen molar-refractivity contribution in [3.8, 4) is 0 Å². The molecule has 0 bridgehead atoms. The number of anilines is 1. The van der Waals surface area contributed by atoms with Gasteiger partial charge in [-0.1, -0.05) is 0 Å². The molecule has 2 unspecified atom stereocenters. The van der Waals surface area contributed by atoms with Crippen molar-refractivity contribution in [2.45, 2.75) is 18.9 Å². The Morgan fingerprint density at radius 1 is 1.26 bits per heavy atom. The summed E-state index contributed by atoms with van der Waals surface area (Å²) in [5, 5.41) is 2.72. The lowest BCUT2D eigenvalue weighted by Crippen LogP contribution is -2.40. The van der Waals surface area contributed by atoms with Gasteiger partial charge in [0.15, 0.2) is 9.84 Å². The fourth-order valence-corrected chi connectivity index (χ4v) is 4.66. The summed E-state index contributed by atoms with van der Waals surface area (Å²) in [6.45, 7) is 0.218. The number of amides is 2. The Morgan fingerprint density at radius 2 is 1.96 bits per heavy atom. The number of carbonyl (C=O) groups excluding carboxylic acids is 2. The molecule has 1 N–H and O–H groups in total. The highest BCUT2D eigenvalue weighted by Gasteiger charge is 2.37. The average Bonchev–Trinajstić information content (AvgIpc) is 3.03. The van der Waals surface area contributed by atoms with Crippen LogP contribution in [0.25, 0.3) is 0 Å². The minimum absolute atomic E-state index is 0.0406. The van der Waals surface area contributed by atoms with E-state index in [4.69, 9.17) is 0 Å². The summed E-state index contributed by atoms with van der Waals surface area (Å²) in [4.78, 5) is 25.8. The third-order valence-corrected chi connectivity index (χ3v) is 5.98. The van der Waals surface area contributed by atoms with Crippen molar-refractivity contribution in [1.29, 1.82) is 0 Å². The molecule has 0 spiro atoms. The molecule has 2 heterocycles. The van der Waals surface area contributed by atoms with Crippen LogP contribution >= 0.6 is 0 Å². The van der Waals surface area contributed by atoms with Crippen LogP contribution < -0.4 is 10.2 Å². The molecule has 0 aromatic heterocycles. The maximum atomic E-state index is 12.9. The Bertz CT molecular complexity index is 732. The Kier molecular flexibility index (Phi) is 4.09. The predicted molar refractivity (Wildman–Crippen MR) is 82.1 cm³/mol. The van der Waals surface area contributed by atoms with E-state index in [9.17, 15) is 22.4 Å². The van der Waals surface area contributed by atoms with Gasteiger partial charge in [-0.2, -0.15) is 0 Å². The van der Waals surface area contributed by atoms with E-state index in [0.717, 1.165) is 0 Å². The molecule has 23 heavy (non-hydrogen) atoms. The quantitative estimate of drug-likeness (QED) is 0.868. The first-order valence-corrected chi connectivity index (χ1v) is 9.23. The molecule has 2 aliphatic heterocycles. The average molecular weight is 340 g/mol. The molecule has 124 valence electrons. The standard InChI is InChI=1S/C15H17FN2O4S/c16-11-1-3-13(4-2-11)18-8-10(7-14(18)19)15(20)17-12-5-6-23(21,22)9-12/h1-4,10,12H,5-9H2,(H,17,20). The lowest BCUT2D eigenvalue weighted by molar-refractivity contribution is -0.126. The fraction of sp³-hybridized carbons (Fsp3) is 0.467. The highest BCUT2D eigenvalue weighted by molar-refractivity contribution is 7.91. The molecule has 1 aromatic carbocycles. The first-order valence-electron chi connectivity index (χ1n) is 7.41. The van der Waals surface area contributed by atoms with E-state index in [1.807, 2.05) is 0 Å². The largest absolute Gasteiger partial charge is 0.352 e. The third kappa shape index (κ3) is 3.52. The second-order valence-corrected chi connectivity index (χ2v) is 8.22. The molecule has 8 heteroatoms. The number of halogens is 1. The van der Waals surface area contributed by atoms with E-state index in [1.165, 1.54) is 29.2 Å². The molecule has 2 aliphatic rings. The molecule has 0 saturated carbocycles. The number of sulfone groups is 1. The van der Waals surface area contributed by atoms with E-state index in [1.54, 1.807) is 0 Å². The second kappa shape index (κ2) is 5.92. The van der Waals surface area contributed by atoms with Crippen LogP contribution in [0.1, 0.15) is 12.8 Å². The van der Waals surface area contributed by atoms with Gasteiger partial charge >= 0.3 is 0 Å². The van der Waals surface area contributed by atoms with Crippen LogP contribution in [0.5, 0.6) is 0 Å². The summed E-state index contributed by atoms with van der Waals surface area (Å²) in [5.41, 5.74) is 0.551. The summed E-state index contributed by atoms with van der Waals surface area (Å²) < 4.78 is 35.8. The first-order chi connectivity index (χ1) is 10.8. The van der Waals surface area contributed by atoms with Crippen LogP contribution in [-0.4, -0.2) is 44.3 Å². The van der Waals surface area contributed by atoms with Gasteiger partial charge in [-0.3, -0.25) is 9.59 Å². The van der Waals surface area contributed by atoms with Crippen LogP contribution in [-0.2, 0) is 19.4 Å². The van der Waals surface area contributed by atoms with Crippen molar-refractivity contribution in [3.05, 3.63) is 30.1 Å². The van der Waals surface area contributed by atoms with Crippen LogP contribution in [0, 0.1) is 11.7 Å². The summed E-state index contributed by atoms with van der Waals surface area (Å²) in [6.07, 6.45) is 0.485. The van der Waals surface area contributed by atoms with Gasteiger partial charge in [-0.05, 0) is 30.7 Å². The molecule has 1 aromatic rings. The van der Waals surface area contributed by atoms with E-state index in [-0.39, 0.29) is 42.3 Å². The third-order valence-electron chi connectivity index (χ3n) is 4.21. The normalized spacial score (nSPS) is 26.5. The highest BCUT2D eigenvalue weighted by Crippen LogP contribution is 2.25. The molecule has 6 nitrogen and oxygen atoms in total. The highest BCUT2D eigenvalue weighted by atomic mass is 32.2. The minimum atomic E-state index is -3.06. The van der Waals surface area contributed by atoms with Gasteiger partial charge in [0.05, 0.1) is 17.4 Å². The number of hydrogen-bond acceptors (Lipinski definition) is 4. The van der Waals surface area contributed by atoms with Crippen LogP contribution in [0.4, 0.5) is 10.1 Å². The number of hydrogen-bond donors (Lipinski definition) is 1. The lowest BCUT2D eigenvalue weighted by Gasteiger charge is -2.17. The topological polar surface area (TPSA) is 83.5 Å². The Hall–Kier alpha value is -1.96. The van der Waals surface area contributed by atoms with Crippen LogP contribution in [0.15, 0.2) is 24.3 Å². The fourth-order valence-electron chi connectivity index (χ4n) is 2.98. The van der Waals surface area contributed by atoms with E-state index >= 15 is 0 Å². The van der Waals surface area contributed by atoms with Crippen LogP contribution in [0.3, 0.4) is 0 Å². The molecule has 3 rings (SSSR count). The molecule has 2 atom stereocenters. The van der Waals surface area contributed by atoms with Crippen molar-refractivity contribution < 1.29 is 22.4 Å². The van der Waals surface area contributed by atoms with Crippen molar-refractivity contribution >= 4 is 27.3 Å². The smallest absolute Gasteiger partial charge is 0.227 e. The number of rotatable bonds is 3. The maximum Gasteiger partial charge on any atom is 0.227 e. The van der Waals surface area contributed by atoms with Crippen LogP contribution in [0.2, 0.25) is 0 Å².